The molecule has 0 bridgehead atoms. The summed E-state index contributed by atoms with van der Waals surface area (Å²) in [7, 11) is 0. The van der Waals surface area contributed by atoms with Crippen molar-refractivity contribution in [1.82, 2.24) is 0 Å². The van der Waals surface area contributed by atoms with Crippen LogP contribution in [-0.4, -0.2) is 17.8 Å². The highest BCUT2D eigenvalue weighted by Gasteiger charge is 2.79. The van der Waals surface area contributed by atoms with Crippen LogP contribution >= 0.6 is 0 Å². The lowest BCUT2D eigenvalue weighted by molar-refractivity contribution is -0.309. The Morgan fingerprint density at radius 2 is 1.44 bits per heavy atom. The summed E-state index contributed by atoms with van der Waals surface area (Å²) >= 11 is 0. The van der Waals surface area contributed by atoms with Crippen molar-refractivity contribution in [2.24, 2.45) is 11.8 Å². The molecule has 0 amide bonds. The van der Waals surface area contributed by atoms with Gasteiger partial charge in [-0.3, -0.25) is 0 Å². The Morgan fingerprint density at radius 1 is 1.00 bits per heavy atom. The Labute approximate surface area is 90.0 Å². The third-order valence-corrected chi connectivity index (χ3v) is 3.53. The average Bonchev–Trinajstić information content (AvgIpc) is 2.35. The van der Waals surface area contributed by atoms with E-state index in [9.17, 15) is 26.3 Å². The monoisotopic (exact) mass is 248 g/mol. The first-order chi connectivity index (χ1) is 7.12. The number of rotatable bonds is 2. The molecule has 1 fully saturated rings. The molecule has 0 aromatic rings. The molecule has 6 heteroatoms. The first-order valence-electron chi connectivity index (χ1n) is 5.26. The van der Waals surface area contributed by atoms with Crippen molar-refractivity contribution in [3.8, 4) is 0 Å². The highest BCUT2D eigenvalue weighted by molar-refractivity contribution is 5.12. The molecule has 3 atom stereocenters. The van der Waals surface area contributed by atoms with Gasteiger partial charge in [0.15, 0.2) is 0 Å². The maximum absolute atomic E-state index is 13.8. The minimum Gasteiger partial charge on any atom is -0.227 e. The predicted molar refractivity (Wildman–Crippen MR) is 47.0 cm³/mol. The van der Waals surface area contributed by atoms with E-state index in [0.717, 1.165) is 0 Å². The normalized spacial score (nSPS) is 39.0. The summed E-state index contributed by atoms with van der Waals surface area (Å²) in [6, 6.07) is 0. The van der Waals surface area contributed by atoms with E-state index in [1.165, 1.54) is 13.8 Å². The minimum atomic E-state index is -5.51. The fourth-order valence-electron chi connectivity index (χ4n) is 2.51. The molecular formula is C10H14F6. The lowest BCUT2D eigenvalue weighted by Crippen LogP contribution is -2.56. The van der Waals surface area contributed by atoms with Gasteiger partial charge in [0, 0.05) is 11.8 Å². The zero-order valence-corrected chi connectivity index (χ0v) is 9.04. The summed E-state index contributed by atoms with van der Waals surface area (Å²) in [5, 5.41) is 0. The molecule has 0 aromatic carbocycles. The Kier molecular flexibility index (Phi) is 3.25. The van der Waals surface area contributed by atoms with Crippen molar-refractivity contribution in [2.75, 3.05) is 0 Å². The summed E-state index contributed by atoms with van der Waals surface area (Å²) in [5.41, 5.74) is -4.37. The highest BCUT2D eigenvalue weighted by atomic mass is 19.4. The summed E-state index contributed by atoms with van der Waals surface area (Å²) < 4.78 is 78.4. The zero-order chi connectivity index (χ0) is 12.8. The van der Waals surface area contributed by atoms with Gasteiger partial charge in [0.1, 0.15) is 0 Å². The molecule has 0 aromatic heterocycles. The van der Waals surface area contributed by atoms with Gasteiger partial charge in [-0.25, -0.2) is 13.2 Å². The molecule has 0 heterocycles. The standard InChI is InChI=1S/C10H14F6/c1-3-6-5-7(4-2)9(12,13)8(6,11)10(14,15)16/h6-7H,3-5H2,1-2H3. The molecule has 0 aliphatic heterocycles. The van der Waals surface area contributed by atoms with Crippen molar-refractivity contribution in [2.45, 2.75) is 50.9 Å². The van der Waals surface area contributed by atoms with Crippen LogP contribution in [0.25, 0.3) is 0 Å². The first kappa shape index (κ1) is 13.6. The van der Waals surface area contributed by atoms with Crippen molar-refractivity contribution < 1.29 is 26.3 Å². The van der Waals surface area contributed by atoms with Crippen molar-refractivity contribution in [3.63, 3.8) is 0 Å². The van der Waals surface area contributed by atoms with E-state index in [-0.39, 0.29) is 12.8 Å². The topological polar surface area (TPSA) is 0 Å². The largest absolute Gasteiger partial charge is 0.428 e. The fraction of sp³-hybridized carbons (Fsp3) is 1.00. The fourth-order valence-corrected chi connectivity index (χ4v) is 2.51. The average molecular weight is 248 g/mol. The van der Waals surface area contributed by atoms with Gasteiger partial charge in [-0.15, -0.1) is 0 Å². The predicted octanol–water partition coefficient (Wildman–Crippen LogP) is 4.35. The lowest BCUT2D eigenvalue weighted by atomic mass is 9.87. The lowest BCUT2D eigenvalue weighted by Gasteiger charge is -2.34. The Balaban J connectivity index is 3.22. The van der Waals surface area contributed by atoms with Gasteiger partial charge < -0.3 is 0 Å². The van der Waals surface area contributed by atoms with E-state index in [4.69, 9.17) is 0 Å². The van der Waals surface area contributed by atoms with Crippen molar-refractivity contribution >= 4 is 0 Å². The van der Waals surface area contributed by atoms with Gasteiger partial charge in [0.05, 0.1) is 0 Å². The number of halogens is 6. The number of hydrogen-bond acceptors (Lipinski definition) is 0. The Bertz CT molecular complexity index is 259. The van der Waals surface area contributed by atoms with E-state index in [1.54, 1.807) is 0 Å². The van der Waals surface area contributed by atoms with Gasteiger partial charge in [-0.2, -0.15) is 13.2 Å². The molecule has 1 saturated carbocycles. The van der Waals surface area contributed by atoms with Crippen molar-refractivity contribution in [1.29, 1.82) is 0 Å². The molecule has 0 saturated heterocycles. The van der Waals surface area contributed by atoms with E-state index in [1.807, 2.05) is 0 Å². The van der Waals surface area contributed by atoms with Crippen LogP contribution < -0.4 is 0 Å². The van der Waals surface area contributed by atoms with Gasteiger partial charge >= 0.3 is 6.18 Å². The SMILES string of the molecule is CCC1CC(CC)C(F)(C(F)(F)F)C1(F)F. The second-order valence-electron chi connectivity index (χ2n) is 4.28. The van der Waals surface area contributed by atoms with E-state index >= 15 is 0 Å². The molecule has 1 aliphatic rings. The second kappa shape index (κ2) is 3.81. The Hall–Kier alpha value is -0.420. The summed E-state index contributed by atoms with van der Waals surface area (Å²) in [5.74, 6) is -7.49. The third-order valence-electron chi connectivity index (χ3n) is 3.53. The van der Waals surface area contributed by atoms with Crippen molar-refractivity contribution in [3.05, 3.63) is 0 Å². The van der Waals surface area contributed by atoms with E-state index in [2.05, 4.69) is 0 Å². The molecule has 96 valence electrons. The zero-order valence-electron chi connectivity index (χ0n) is 9.04. The molecule has 16 heavy (non-hydrogen) atoms. The van der Waals surface area contributed by atoms with Crippen LogP contribution in [0.15, 0.2) is 0 Å². The van der Waals surface area contributed by atoms with Gasteiger partial charge in [0.25, 0.3) is 11.6 Å². The number of alkyl halides is 6. The van der Waals surface area contributed by atoms with Crippen LogP contribution in [0, 0.1) is 11.8 Å². The molecule has 1 aliphatic carbocycles. The smallest absolute Gasteiger partial charge is 0.227 e. The quantitative estimate of drug-likeness (QED) is 0.637. The second-order valence-corrected chi connectivity index (χ2v) is 4.28. The number of hydrogen-bond donors (Lipinski definition) is 0. The molecule has 0 nitrogen and oxygen atoms in total. The van der Waals surface area contributed by atoms with Crippen LogP contribution in [0.4, 0.5) is 26.3 Å². The highest BCUT2D eigenvalue weighted by Crippen LogP contribution is 2.61. The summed E-state index contributed by atoms with van der Waals surface area (Å²) in [6.07, 6.45) is -6.30. The Morgan fingerprint density at radius 3 is 1.69 bits per heavy atom. The van der Waals surface area contributed by atoms with Gasteiger partial charge in [-0.05, 0) is 19.3 Å². The molecule has 1 rings (SSSR count). The molecule has 0 N–H and O–H groups in total. The molecular weight excluding hydrogens is 234 g/mol. The van der Waals surface area contributed by atoms with E-state index < -0.39 is 36.0 Å². The van der Waals surface area contributed by atoms with Crippen LogP contribution in [0.2, 0.25) is 0 Å². The van der Waals surface area contributed by atoms with E-state index in [0.29, 0.717) is 0 Å². The van der Waals surface area contributed by atoms with Crippen LogP contribution in [0.1, 0.15) is 33.1 Å². The van der Waals surface area contributed by atoms with Gasteiger partial charge in [0.2, 0.25) is 0 Å². The molecule has 0 radical (unpaired) electrons. The minimum absolute atomic E-state index is 0.148. The van der Waals surface area contributed by atoms with Gasteiger partial charge in [-0.1, -0.05) is 13.8 Å². The molecule has 3 unspecified atom stereocenters. The van der Waals surface area contributed by atoms with Crippen LogP contribution in [0.5, 0.6) is 0 Å². The molecule has 0 spiro atoms. The van der Waals surface area contributed by atoms with Crippen LogP contribution in [0.3, 0.4) is 0 Å². The van der Waals surface area contributed by atoms with Crippen LogP contribution in [-0.2, 0) is 0 Å². The summed E-state index contributed by atoms with van der Waals surface area (Å²) in [4.78, 5) is 0. The maximum atomic E-state index is 13.8. The first-order valence-corrected chi connectivity index (χ1v) is 5.26. The summed E-state index contributed by atoms with van der Waals surface area (Å²) in [6.45, 7) is 2.66. The maximum Gasteiger partial charge on any atom is 0.428 e. The third kappa shape index (κ3) is 1.52.